The third-order valence-corrected chi connectivity index (χ3v) is 8.72. The number of aromatic amines is 1. The van der Waals surface area contributed by atoms with Gasteiger partial charge in [0.2, 0.25) is 10.0 Å². The van der Waals surface area contributed by atoms with E-state index in [1.807, 2.05) is 37.3 Å². The van der Waals surface area contributed by atoms with Crippen LogP contribution >= 0.6 is 23.2 Å². The third-order valence-electron chi connectivity index (χ3n) is 6.94. The van der Waals surface area contributed by atoms with Gasteiger partial charge in [0.1, 0.15) is 23.4 Å². The quantitative estimate of drug-likeness (QED) is 0.377. The second-order valence-corrected chi connectivity index (χ2v) is 12.5. The SMILES string of the molecule is CC(Oc1ccc2[nH]nc(-c3ccc(N4CC5(C4)CN(S(C)(=O)=O)C5)nc3)c2c1)c1c(Cl)cnnc1Cl. The number of H-pyrrole nitrogens is 1. The highest BCUT2D eigenvalue weighted by Crippen LogP contribution is 2.42. The molecule has 13 heteroatoms. The monoisotopic (exact) mass is 559 g/mol. The molecule has 3 aromatic heterocycles. The molecule has 2 aliphatic heterocycles. The molecule has 1 unspecified atom stereocenters. The van der Waals surface area contributed by atoms with Gasteiger partial charge in [0.05, 0.1) is 28.6 Å². The zero-order valence-corrected chi connectivity index (χ0v) is 22.3. The standard InChI is InChI=1S/C24H23Cl2N7O3S/c1-14(21-18(25)9-28-31-23(21)26)36-16-4-5-19-17(7-16)22(30-29-19)15-3-6-20(27-8-15)32-10-24(11-32)12-33(13-24)37(2,34)35/h3-9,14H,10-13H2,1-2H3,(H,29,30). The van der Waals surface area contributed by atoms with Crippen molar-refractivity contribution in [1.82, 2.24) is 29.7 Å². The van der Waals surface area contributed by atoms with Crippen molar-refractivity contribution in [2.75, 3.05) is 37.3 Å². The van der Waals surface area contributed by atoms with Crippen LogP contribution in [0.4, 0.5) is 5.82 Å². The molecule has 0 saturated carbocycles. The average molecular weight is 560 g/mol. The van der Waals surface area contributed by atoms with Crippen molar-refractivity contribution in [3.05, 3.63) is 58.5 Å². The Bertz CT molecular complexity index is 1580. The number of rotatable bonds is 6. The Morgan fingerprint density at radius 2 is 1.89 bits per heavy atom. The van der Waals surface area contributed by atoms with Crippen molar-refractivity contribution < 1.29 is 13.2 Å². The molecule has 1 aromatic carbocycles. The highest BCUT2D eigenvalue weighted by atomic mass is 35.5. The molecular weight excluding hydrogens is 537 g/mol. The summed E-state index contributed by atoms with van der Waals surface area (Å²) < 4.78 is 31.0. The lowest BCUT2D eigenvalue weighted by Gasteiger charge is -2.59. The van der Waals surface area contributed by atoms with E-state index in [9.17, 15) is 8.42 Å². The second kappa shape index (κ2) is 8.80. The Morgan fingerprint density at radius 1 is 1.11 bits per heavy atom. The van der Waals surface area contributed by atoms with Gasteiger partial charge in [0.15, 0.2) is 5.15 Å². The van der Waals surface area contributed by atoms with Crippen LogP contribution in [-0.4, -0.2) is 70.5 Å². The van der Waals surface area contributed by atoms with Crippen molar-refractivity contribution in [2.24, 2.45) is 5.41 Å². The molecule has 6 rings (SSSR count). The first-order chi connectivity index (χ1) is 17.6. The second-order valence-electron chi connectivity index (χ2n) is 9.73. The summed E-state index contributed by atoms with van der Waals surface area (Å²) in [5, 5.41) is 16.7. The maximum atomic E-state index is 11.7. The van der Waals surface area contributed by atoms with Gasteiger partial charge in [-0.2, -0.15) is 10.2 Å². The minimum Gasteiger partial charge on any atom is -0.486 e. The summed E-state index contributed by atoms with van der Waals surface area (Å²) >= 11 is 12.4. The maximum absolute atomic E-state index is 11.7. The smallest absolute Gasteiger partial charge is 0.211 e. The molecule has 1 spiro atoms. The number of sulfonamides is 1. The number of pyridine rings is 1. The van der Waals surface area contributed by atoms with Gasteiger partial charge in [0.25, 0.3) is 0 Å². The van der Waals surface area contributed by atoms with Crippen molar-refractivity contribution >= 4 is 49.9 Å². The fraction of sp³-hybridized carbons (Fsp3) is 0.333. The normalized spacial score (nSPS) is 18.0. The number of aromatic nitrogens is 5. The Hall–Kier alpha value is -2.99. The lowest BCUT2D eigenvalue weighted by Crippen LogP contribution is -2.73. The molecule has 0 bridgehead atoms. The third kappa shape index (κ3) is 4.39. The molecule has 10 nitrogen and oxygen atoms in total. The first-order valence-corrected chi connectivity index (χ1v) is 14.2. The lowest BCUT2D eigenvalue weighted by molar-refractivity contribution is 0.0395. The van der Waals surface area contributed by atoms with E-state index in [-0.39, 0.29) is 10.6 Å². The summed E-state index contributed by atoms with van der Waals surface area (Å²) in [6.07, 6.45) is 4.06. The summed E-state index contributed by atoms with van der Waals surface area (Å²) in [5.74, 6) is 1.50. The maximum Gasteiger partial charge on any atom is 0.211 e. The van der Waals surface area contributed by atoms with E-state index >= 15 is 0 Å². The van der Waals surface area contributed by atoms with Crippen molar-refractivity contribution in [1.29, 1.82) is 0 Å². The fourth-order valence-electron chi connectivity index (χ4n) is 5.04. The van der Waals surface area contributed by atoms with Gasteiger partial charge in [-0.1, -0.05) is 23.2 Å². The van der Waals surface area contributed by atoms with E-state index in [4.69, 9.17) is 27.9 Å². The van der Waals surface area contributed by atoms with Gasteiger partial charge in [-0.05, 0) is 37.3 Å². The Morgan fingerprint density at radius 3 is 2.57 bits per heavy atom. The van der Waals surface area contributed by atoms with Crippen LogP contribution in [0.1, 0.15) is 18.6 Å². The van der Waals surface area contributed by atoms with E-state index < -0.39 is 16.1 Å². The van der Waals surface area contributed by atoms with Gasteiger partial charge in [-0.15, -0.1) is 5.10 Å². The molecule has 1 N–H and O–H groups in total. The average Bonchev–Trinajstić information content (AvgIpc) is 3.20. The Labute approximate surface area is 223 Å². The van der Waals surface area contributed by atoms with E-state index in [0.717, 1.165) is 41.1 Å². The van der Waals surface area contributed by atoms with Crippen LogP contribution in [0, 0.1) is 5.41 Å². The summed E-state index contributed by atoms with van der Waals surface area (Å²) in [7, 11) is -3.11. The molecular formula is C24H23Cl2N7O3S. The van der Waals surface area contributed by atoms with E-state index in [1.54, 1.807) is 6.20 Å². The molecule has 37 heavy (non-hydrogen) atoms. The van der Waals surface area contributed by atoms with Crippen LogP contribution in [0.25, 0.3) is 22.2 Å². The number of anilines is 1. The predicted octanol–water partition coefficient (Wildman–Crippen LogP) is 3.94. The number of hydrogen-bond donors (Lipinski definition) is 1. The Balaban J connectivity index is 1.18. The van der Waals surface area contributed by atoms with Crippen molar-refractivity contribution in [3.8, 4) is 17.0 Å². The summed E-state index contributed by atoms with van der Waals surface area (Å²) in [6, 6.07) is 9.63. The van der Waals surface area contributed by atoms with Gasteiger partial charge in [0, 0.05) is 48.7 Å². The van der Waals surface area contributed by atoms with E-state index in [1.165, 1.54) is 16.8 Å². The number of halogens is 2. The van der Waals surface area contributed by atoms with Gasteiger partial charge >= 0.3 is 0 Å². The van der Waals surface area contributed by atoms with Crippen LogP contribution in [0.5, 0.6) is 5.75 Å². The van der Waals surface area contributed by atoms with Gasteiger partial charge in [-0.25, -0.2) is 17.7 Å². The first-order valence-electron chi connectivity index (χ1n) is 11.6. The first kappa shape index (κ1) is 24.4. The zero-order valence-electron chi connectivity index (χ0n) is 20.0. The molecule has 0 amide bonds. The van der Waals surface area contributed by atoms with Crippen LogP contribution < -0.4 is 9.64 Å². The molecule has 2 fully saturated rings. The van der Waals surface area contributed by atoms with Crippen molar-refractivity contribution in [2.45, 2.75) is 13.0 Å². The van der Waals surface area contributed by atoms with Crippen LogP contribution in [-0.2, 0) is 10.0 Å². The summed E-state index contributed by atoms with van der Waals surface area (Å²) in [6.45, 7) is 4.62. The molecule has 5 heterocycles. The molecule has 0 radical (unpaired) electrons. The highest BCUT2D eigenvalue weighted by Gasteiger charge is 2.54. The molecule has 2 saturated heterocycles. The number of ether oxygens (including phenoxy) is 1. The molecule has 0 aliphatic carbocycles. The molecule has 4 aromatic rings. The van der Waals surface area contributed by atoms with Gasteiger partial charge in [-0.3, -0.25) is 5.10 Å². The number of nitrogens with zero attached hydrogens (tertiary/aromatic N) is 6. The zero-order chi connectivity index (χ0) is 25.9. The van der Waals surface area contributed by atoms with E-state index in [2.05, 4.69) is 30.3 Å². The number of nitrogens with one attached hydrogen (secondary N) is 1. The van der Waals surface area contributed by atoms with Crippen LogP contribution in [0.2, 0.25) is 10.2 Å². The minimum absolute atomic E-state index is 0.0517. The summed E-state index contributed by atoms with van der Waals surface area (Å²) in [5.41, 5.74) is 3.12. The van der Waals surface area contributed by atoms with Crippen molar-refractivity contribution in [3.63, 3.8) is 0 Å². The highest BCUT2D eigenvalue weighted by molar-refractivity contribution is 7.88. The minimum atomic E-state index is -3.11. The number of benzene rings is 1. The predicted molar refractivity (Wildman–Crippen MR) is 141 cm³/mol. The van der Waals surface area contributed by atoms with Crippen LogP contribution in [0.15, 0.2) is 42.7 Å². The fourth-order valence-corrected chi connectivity index (χ4v) is 6.69. The Kier molecular flexibility index (Phi) is 5.79. The number of hydrogen-bond acceptors (Lipinski definition) is 8. The molecule has 192 valence electrons. The number of fused-ring (bicyclic) bond motifs is 1. The molecule has 2 aliphatic rings. The van der Waals surface area contributed by atoms with Crippen LogP contribution in [0.3, 0.4) is 0 Å². The topological polar surface area (TPSA) is 117 Å². The lowest BCUT2D eigenvalue weighted by atomic mass is 9.74. The van der Waals surface area contributed by atoms with E-state index in [0.29, 0.717) is 29.4 Å². The van der Waals surface area contributed by atoms with Gasteiger partial charge < -0.3 is 9.64 Å². The largest absolute Gasteiger partial charge is 0.486 e. The summed E-state index contributed by atoms with van der Waals surface area (Å²) in [4.78, 5) is 6.82. The molecule has 1 atom stereocenters.